The second-order valence-corrected chi connectivity index (χ2v) is 3.28. The predicted molar refractivity (Wildman–Crippen MR) is 58.4 cm³/mol. The summed E-state index contributed by atoms with van der Waals surface area (Å²) in [5.74, 6) is -0.131. The summed E-state index contributed by atoms with van der Waals surface area (Å²) in [6.07, 6.45) is 5.21. The van der Waals surface area contributed by atoms with Gasteiger partial charge in [0.05, 0.1) is 11.9 Å². The highest BCUT2D eigenvalue weighted by Gasteiger charge is 1.97. The minimum atomic E-state index is -0.320. The summed E-state index contributed by atoms with van der Waals surface area (Å²) >= 11 is 3.09. The molecule has 0 spiro atoms. The first-order chi connectivity index (χ1) is 6.70. The number of ketones is 1. The molecule has 0 radical (unpaired) electrons. The van der Waals surface area contributed by atoms with E-state index in [-0.39, 0.29) is 11.8 Å². The Hall–Kier alpha value is -0.640. The Bertz CT molecular complexity index is 211. The van der Waals surface area contributed by atoms with Gasteiger partial charge >= 0.3 is 5.97 Å². The van der Waals surface area contributed by atoms with Gasteiger partial charge in [-0.05, 0) is 19.8 Å². The Morgan fingerprint density at radius 3 is 2.71 bits per heavy atom. The second-order valence-electron chi connectivity index (χ2n) is 2.72. The van der Waals surface area contributed by atoms with Gasteiger partial charge < -0.3 is 4.74 Å². The van der Waals surface area contributed by atoms with Crippen LogP contribution < -0.4 is 0 Å². The molecule has 0 rings (SSSR count). The maximum absolute atomic E-state index is 10.8. The van der Waals surface area contributed by atoms with Gasteiger partial charge in [0.25, 0.3) is 0 Å². The molecule has 0 atom stereocenters. The lowest BCUT2D eigenvalue weighted by atomic mass is 10.2. The fraction of sp³-hybridized carbons (Fsp3) is 0.600. The van der Waals surface area contributed by atoms with Gasteiger partial charge in [0.2, 0.25) is 0 Å². The van der Waals surface area contributed by atoms with Crippen LogP contribution in [-0.4, -0.2) is 23.7 Å². The normalized spacial score (nSPS) is 10.4. The molecule has 14 heavy (non-hydrogen) atoms. The third-order valence-corrected chi connectivity index (χ3v) is 2.14. The number of esters is 1. The van der Waals surface area contributed by atoms with Crippen LogP contribution in [0.15, 0.2) is 12.2 Å². The second kappa shape index (κ2) is 8.94. The van der Waals surface area contributed by atoms with Gasteiger partial charge in [0, 0.05) is 12.5 Å². The van der Waals surface area contributed by atoms with Crippen molar-refractivity contribution in [1.82, 2.24) is 0 Å². The van der Waals surface area contributed by atoms with Crippen molar-refractivity contribution in [2.24, 2.45) is 0 Å². The SMILES string of the molecule is CCOC(=O)/C=C/CCCC(=O)CBr. The van der Waals surface area contributed by atoms with Crippen LogP contribution in [0.1, 0.15) is 26.2 Å². The Morgan fingerprint density at radius 1 is 1.43 bits per heavy atom. The molecule has 0 fully saturated rings. The van der Waals surface area contributed by atoms with E-state index in [0.717, 1.165) is 12.8 Å². The van der Waals surface area contributed by atoms with Crippen molar-refractivity contribution in [3.63, 3.8) is 0 Å². The third-order valence-electron chi connectivity index (χ3n) is 1.52. The van der Waals surface area contributed by atoms with Crippen LogP contribution >= 0.6 is 15.9 Å². The van der Waals surface area contributed by atoms with E-state index in [1.165, 1.54) is 6.08 Å². The van der Waals surface area contributed by atoms with Crippen LogP contribution in [0.2, 0.25) is 0 Å². The number of alkyl halides is 1. The van der Waals surface area contributed by atoms with Crippen molar-refractivity contribution in [2.75, 3.05) is 11.9 Å². The van der Waals surface area contributed by atoms with Gasteiger partial charge in [-0.25, -0.2) is 4.79 Å². The van der Waals surface area contributed by atoms with Gasteiger partial charge in [-0.3, -0.25) is 4.79 Å². The Balaban J connectivity index is 3.44. The summed E-state index contributed by atoms with van der Waals surface area (Å²) < 4.78 is 4.69. The number of carbonyl (C=O) groups excluding carboxylic acids is 2. The van der Waals surface area contributed by atoms with E-state index in [4.69, 9.17) is 4.74 Å². The molecule has 80 valence electrons. The standard InChI is InChI=1S/C10H15BrO3/c1-2-14-10(13)7-5-3-4-6-9(12)8-11/h5,7H,2-4,6,8H2,1H3/b7-5+. The molecule has 0 aromatic rings. The highest BCUT2D eigenvalue weighted by atomic mass is 79.9. The molecular weight excluding hydrogens is 248 g/mol. The van der Waals surface area contributed by atoms with Crippen LogP contribution in [0, 0.1) is 0 Å². The Morgan fingerprint density at radius 2 is 2.14 bits per heavy atom. The van der Waals surface area contributed by atoms with Crippen LogP contribution in [0.25, 0.3) is 0 Å². The van der Waals surface area contributed by atoms with Gasteiger partial charge in [0.1, 0.15) is 5.78 Å². The highest BCUT2D eigenvalue weighted by Crippen LogP contribution is 1.99. The van der Waals surface area contributed by atoms with Crippen molar-refractivity contribution in [3.8, 4) is 0 Å². The number of hydrogen-bond acceptors (Lipinski definition) is 3. The van der Waals surface area contributed by atoms with E-state index in [1.807, 2.05) is 0 Å². The molecule has 0 saturated heterocycles. The quantitative estimate of drug-likeness (QED) is 0.306. The number of carbonyl (C=O) groups is 2. The number of rotatable bonds is 7. The average Bonchev–Trinajstić information content (AvgIpc) is 2.17. The molecule has 0 aliphatic rings. The molecule has 4 heteroatoms. The lowest BCUT2D eigenvalue weighted by molar-refractivity contribution is -0.137. The Labute approximate surface area is 92.6 Å². The number of hydrogen-bond donors (Lipinski definition) is 0. The first-order valence-corrected chi connectivity index (χ1v) is 5.73. The van der Waals surface area contributed by atoms with Crippen molar-refractivity contribution in [3.05, 3.63) is 12.2 Å². The van der Waals surface area contributed by atoms with Gasteiger partial charge in [-0.15, -0.1) is 0 Å². The fourth-order valence-corrected chi connectivity index (χ4v) is 1.13. The number of Topliss-reactive ketones (excluding diaryl/α,β-unsaturated/α-hetero) is 1. The number of allylic oxidation sites excluding steroid dienone is 1. The van der Waals surface area contributed by atoms with E-state index in [1.54, 1.807) is 13.0 Å². The smallest absolute Gasteiger partial charge is 0.330 e. The number of halogens is 1. The van der Waals surface area contributed by atoms with Crippen molar-refractivity contribution >= 4 is 27.7 Å². The molecule has 0 amide bonds. The summed E-state index contributed by atoms with van der Waals surface area (Å²) in [5, 5.41) is 0.411. The maximum Gasteiger partial charge on any atom is 0.330 e. The molecule has 0 aromatic carbocycles. The lowest BCUT2D eigenvalue weighted by Crippen LogP contribution is -1.99. The predicted octanol–water partition coefficient (Wildman–Crippen LogP) is 2.24. The van der Waals surface area contributed by atoms with E-state index in [0.29, 0.717) is 18.4 Å². The van der Waals surface area contributed by atoms with E-state index in [9.17, 15) is 9.59 Å². The molecule has 0 bridgehead atoms. The number of unbranched alkanes of at least 4 members (excludes halogenated alkanes) is 1. The van der Waals surface area contributed by atoms with Gasteiger partial charge in [0.15, 0.2) is 0 Å². The zero-order chi connectivity index (χ0) is 10.8. The molecular formula is C10H15BrO3. The van der Waals surface area contributed by atoms with Crippen molar-refractivity contribution in [2.45, 2.75) is 26.2 Å². The van der Waals surface area contributed by atoms with Gasteiger partial charge in [-0.2, -0.15) is 0 Å². The summed E-state index contributed by atoms with van der Waals surface area (Å²) in [6, 6.07) is 0. The molecule has 0 N–H and O–H groups in total. The Kier molecular flexibility index (Phi) is 8.53. The lowest BCUT2D eigenvalue weighted by Gasteiger charge is -1.95. The molecule has 0 unspecified atom stereocenters. The third kappa shape index (κ3) is 7.98. The highest BCUT2D eigenvalue weighted by molar-refractivity contribution is 9.09. The van der Waals surface area contributed by atoms with Crippen molar-refractivity contribution < 1.29 is 14.3 Å². The molecule has 0 aliphatic heterocycles. The topological polar surface area (TPSA) is 43.4 Å². The first kappa shape index (κ1) is 13.4. The molecule has 0 heterocycles. The largest absolute Gasteiger partial charge is 0.463 e. The van der Waals surface area contributed by atoms with Crippen LogP contribution in [-0.2, 0) is 14.3 Å². The molecule has 0 saturated carbocycles. The summed E-state index contributed by atoms with van der Waals surface area (Å²) in [4.78, 5) is 21.7. The average molecular weight is 263 g/mol. The van der Waals surface area contributed by atoms with Crippen molar-refractivity contribution in [1.29, 1.82) is 0 Å². The van der Waals surface area contributed by atoms with E-state index < -0.39 is 0 Å². The summed E-state index contributed by atoms with van der Waals surface area (Å²) in [5.41, 5.74) is 0. The molecule has 0 aliphatic carbocycles. The summed E-state index contributed by atoms with van der Waals surface area (Å²) in [6.45, 7) is 2.16. The van der Waals surface area contributed by atoms with Gasteiger partial charge in [-0.1, -0.05) is 22.0 Å². The zero-order valence-electron chi connectivity index (χ0n) is 8.29. The number of ether oxygens (including phenoxy) is 1. The molecule has 0 aromatic heterocycles. The van der Waals surface area contributed by atoms with E-state index in [2.05, 4.69) is 15.9 Å². The van der Waals surface area contributed by atoms with Crippen LogP contribution in [0.4, 0.5) is 0 Å². The fourth-order valence-electron chi connectivity index (χ4n) is 0.854. The first-order valence-electron chi connectivity index (χ1n) is 4.61. The minimum absolute atomic E-state index is 0.189. The van der Waals surface area contributed by atoms with Crippen LogP contribution in [0.3, 0.4) is 0 Å². The van der Waals surface area contributed by atoms with Crippen LogP contribution in [0.5, 0.6) is 0 Å². The zero-order valence-corrected chi connectivity index (χ0v) is 9.88. The molecule has 3 nitrogen and oxygen atoms in total. The van der Waals surface area contributed by atoms with E-state index >= 15 is 0 Å². The summed E-state index contributed by atoms with van der Waals surface area (Å²) in [7, 11) is 0. The minimum Gasteiger partial charge on any atom is -0.463 e. The maximum atomic E-state index is 10.8. The monoisotopic (exact) mass is 262 g/mol.